The van der Waals surface area contributed by atoms with E-state index in [4.69, 9.17) is 23.2 Å². The van der Waals surface area contributed by atoms with E-state index in [0.29, 0.717) is 5.02 Å². The van der Waals surface area contributed by atoms with E-state index in [1.807, 2.05) is 0 Å². The van der Waals surface area contributed by atoms with Gasteiger partial charge in [0.2, 0.25) is 0 Å². The summed E-state index contributed by atoms with van der Waals surface area (Å²) in [6, 6.07) is 6.99. The summed E-state index contributed by atoms with van der Waals surface area (Å²) < 4.78 is 23.0. The van der Waals surface area contributed by atoms with Crippen LogP contribution >= 0.6 is 23.2 Å². The summed E-state index contributed by atoms with van der Waals surface area (Å²) in [6.07, 6.45) is 2.46. The van der Waals surface area contributed by atoms with Gasteiger partial charge >= 0.3 is 0 Å². The molecule has 2 aromatic rings. The smallest absolute Gasteiger partial charge is 0.274 e. The van der Waals surface area contributed by atoms with E-state index in [2.05, 4.69) is 10.3 Å². The van der Waals surface area contributed by atoms with Crippen LogP contribution in [0.25, 0.3) is 0 Å². The molecule has 21 heavy (non-hydrogen) atoms. The lowest BCUT2D eigenvalue weighted by Crippen LogP contribution is -2.14. The van der Waals surface area contributed by atoms with Crippen molar-refractivity contribution in [2.24, 2.45) is 0 Å². The van der Waals surface area contributed by atoms with Crippen molar-refractivity contribution in [3.05, 3.63) is 52.3 Å². The number of aromatic nitrogens is 1. The summed E-state index contributed by atoms with van der Waals surface area (Å²) in [5.74, 6) is -0.537. The van der Waals surface area contributed by atoms with Gasteiger partial charge in [-0.15, -0.1) is 0 Å². The minimum Gasteiger partial charge on any atom is -0.319 e. The fraction of sp³-hybridized carbons (Fsp3) is 0.0769. The maximum absolute atomic E-state index is 12.0. The van der Waals surface area contributed by atoms with Gasteiger partial charge in [-0.05, 0) is 30.3 Å². The molecule has 1 aromatic carbocycles. The molecule has 0 unspecified atom stereocenters. The molecule has 0 spiro atoms. The Morgan fingerprint density at radius 2 is 1.90 bits per heavy atom. The molecule has 0 radical (unpaired) electrons. The minimum atomic E-state index is -3.40. The van der Waals surface area contributed by atoms with Gasteiger partial charge in [-0.2, -0.15) is 0 Å². The summed E-state index contributed by atoms with van der Waals surface area (Å²) in [5, 5.41) is 3.10. The Balaban J connectivity index is 2.33. The highest BCUT2D eigenvalue weighted by Crippen LogP contribution is 2.25. The number of amides is 1. The summed E-state index contributed by atoms with van der Waals surface area (Å²) in [5.41, 5.74) is 0.287. The van der Waals surface area contributed by atoms with Crippen LogP contribution in [0.1, 0.15) is 10.5 Å². The molecule has 0 fully saturated rings. The fourth-order valence-corrected chi connectivity index (χ4v) is 2.52. The topological polar surface area (TPSA) is 76.1 Å². The average molecular weight is 345 g/mol. The minimum absolute atomic E-state index is 0.0567. The molecule has 8 heteroatoms. The quantitative estimate of drug-likeness (QED) is 0.928. The van der Waals surface area contributed by atoms with Crippen molar-refractivity contribution >= 4 is 44.6 Å². The van der Waals surface area contributed by atoms with Crippen LogP contribution in [0.3, 0.4) is 0 Å². The molecule has 0 aliphatic rings. The van der Waals surface area contributed by atoms with E-state index in [-0.39, 0.29) is 21.3 Å². The van der Waals surface area contributed by atoms with Crippen molar-refractivity contribution in [2.45, 2.75) is 4.90 Å². The zero-order chi connectivity index (χ0) is 15.6. The lowest BCUT2D eigenvalue weighted by molar-refractivity contribution is 0.102. The fourth-order valence-electron chi connectivity index (χ4n) is 1.55. The Labute approximate surface area is 131 Å². The van der Waals surface area contributed by atoms with E-state index in [0.717, 1.165) is 6.26 Å². The monoisotopic (exact) mass is 344 g/mol. The number of sulfone groups is 1. The van der Waals surface area contributed by atoms with E-state index < -0.39 is 15.7 Å². The summed E-state index contributed by atoms with van der Waals surface area (Å²) >= 11 is 11.7. The maximum atomic E-state index is 12.0. The van der Waals surface area contributed by atoms with Gasteiger partial charge in [-0.3, -0.25) is 9.78 Å². The van der Waals surface area contributed by atoms with E-state index in [1.54, 1.807) is 0 Å². The van der Waals surface area contributed by atoms with Gasteiger partial charge in [0, 0.05) is 17.5 Å². The van der Waals surface area contributed by atoms with Crippen LogP contribution in [0.15, 0.2) is 41.4 Å². The van der Waals surface area contributed by atoms with Gasteiger partial charge in [-0.25, -0.2) is 8.42 Å². The highest BCUT2D eigenvalue weighted by molar-refractivity contribution is 7.90. The van der Waals surface area contributed by atoms with Crippen molar-refractivity contribution in [1.82, 2.24) is 4.98 Å². The van der Waals surface area contributed by atoms with E-state index >= 15 is 0 Å². The Morgan fingerprint density at radius 3 is 2.52 bits per heavy atom. The van der Waals surface area contributed by atoms with E-state index in [1.165, 1.54) is 36.5 Å². The Morgan fingerprint density at radius 1 is 1.19 bits per heavy atom. The van der Waals surface area contributed by atoms with Crippen LogP contribution < -0.4 is 5.32 Å². The first-order chi connectivity index (χ1) is 9.77. The average Bonchev–Trinajstić information content (AvgIpc) is 2.40. The second-order valence-electron chi connectivity index (χ2n) is 4.23. The number of anilines is 1. The first-order valence-corrected chi connectivity index (χ1v) is 8.34. The number of benzene rings is 1. The molecule has 110 valence electrons. The molecule has 1 N–H and O–H groups in total. The van der Waals surface area contributed by atoms with Crippen molar-refractivity contribution in [2.75, 3.05) is 11.6 Å². The summed E-state index contributed by atoms with van der Waals surface area (Å²) in [4.78, 5) is 16.0. The second kappa shape index (κ2) is 6.01. The predicted octanol–water partition coefficient (Wildman–Crippen LogP) is 3.04. The number of carbonyl (C=O) groups is 1. The number of halogens is 2. The van der Waals surface area contributed by atoms with Crippen LogP contribution in [0.4, 0.5) is 5.69 Å². The molecule has 0 saturated heterocycles. The number of rotatable bonds is 3. The van der Waals surface area contributed by atoms with Crippen LogP contribution in [0, 0.1) is 0 Å². The SMILES string of the molecule is CS(=O)(=O)c1ccc(Cl)c(NC(=O)c2cc(Cl)ccn2)c1. The lowest BCUT2D eigenvalue weighted by Gasteiger charge is -2.08. The van der Waals surface area contributed by atoms with Crippen molar-refractivity contribution in [1.29, 1.82) is 0 Å². The van der Waals surface area contributed by atoms with E-state index in [9.17, 15) is 13.2 Å². The van der Waals surface area contributed by atoms with Crippen LogP contribution in [-0.2, 0) is 9.84 Å². The van der Waals surface area contributed by atoms with Crippen molar-refractivity contribution in [3.8, 4) is 0 Å². The highest BCUT2D eigenvalue weighted by Gasteiger charge is 2.14. The molecule has 0 saturated carbocycles. The molecule has 1 heterocycles. The standard InChI is InChI=1S/C13H10Cl2N2O3S/c1-21(19,20)9-2-3-10(15)11(7-9)17-13(18)12-6-8(14)4-5-16-12/h2-7H,1H3,(H,17,18). The molecule has 1 aromatic heterocycles. The first-order valence-electron chi connectivity index (χ1n) is 5.70. The number of hydrogen-bond donors (Lipinski definition) is 1. The zero-order valence-corrected chi connectivity index (χ0v) is 13.1. The molecular weight excluding hydrogens is 335 g/mol. The number of nitrogens with zero attached hydrogens (tertiary/aromatic N) is 1. The Bertz CT molecular complexity index is 807. The van der Waals surface area contributed by atoms with Gasteiger partial charge in [-0.1, -0.05) is 23.2 Å². The molecular formula is C13H10Cl2N2O3S. The normalized spacial score (nSPS) is 11.2. The Hall–Kier alpha value is -1.63. The Kier molecular flexibility index (Phi) is 4.51. The van der Waals surface area contributed by atoms with Gasteiger partial charge in [0.15, 0.2) is 9.84 Å². The van der Waals surface area contributed by atoms with Crippen LogP contribution in [0.5, 0.6) is 0 Å². The van der Waals surface area contributed by atoms with Crippen LogP contribution in [-0.4, -0.2) is 25.6 Å². The predicted molar refractivity (Wildman–Crippen MR) is 81.8 cm³/mol. The van der Waals surface area contributed by atoms with Gasteiger partial charge in [0.1, 0.15) is 5.69 Å². The third-order valence-corrected chi connectivity index (χ3v) is 4.24. The van der Waals surface area contributed by atoms with Gasteiger partial charge in [0.25, 0.3) is 5.91 Å². The highest BCUT2D eigenvalue weighted by atomic mass is 35.5. The molecule has 0 bridgehead atoms. The third kappa shape index (κ3) is 3.93. The number of pyridine rings is 1. The van der Waals surface area contributed by atoms with Crippen molar-refractivity contribution < 1.29 is 13.2 Å². The largest absolute Gasteiger partial charge is 0.319 e. The number of hydrogen-bond acceptors (Lipinski definition) is 4. The van der Waals surface area contributed by atoms with Crippen LogP contribution in [0.2, 0.25) is 10.0 Å². The third-order valence-electron chi connectivity index (χ3n) is 2.57. The maximum Gasteiger partial charge on any atom is 0.274 e. The zero-order valence-electron chi connectivity index (χ0n) is 10.8. The van der Waals surface area contributed by atoms with Gasteiger partial charge < -0.3 is 5.32 Å². The second-order valence-corrected chi connectivity index (χ2v) is 7.09. The lowest BCUT2D eigenvalue weighted by atomic mass is 10.3. The number of nitrogens with one attached hydrogen (secondary N) is 1. The molecule has 0 atom stereocenters. The number of carbonyl (C=O) groups excluding carboxylic acids is 1. The first kappa shape index (κ1) is 15.8. The molecule has 0 aliphatic carbocycles. The molecule has 1 amide bonds. The van der Waals surface area contributed by atoms with Crippen molar-refractivity contribution in [3.63, 3.8) is 0 Å². The molecule has 2 rings (SSSR count). The molecule has 0 aliphatic heterocycles. The molecule has 5 nitrogen and oxygen atoms in total. The summed E-state index contributed by atoms with van der Waals surface area (Å²) in [6.45, 7) is 0. The van der Waals surface area contributed by atoms with Gasteiger partial charge in [0.05, 0.1) is 15.6 Å². The summed E-state index contributed by atoms with van der Waals surface area (Å²) in [7, 11) is -3.40.